The molecule has 0 amide bonds. The summed E-state index contributed by atoms with van der Waals surface area (Å²) in [6, 6.07) is 8.36. The molecule has 3 saturated heterocycles. The second kappa shape index (κ2) is 13.9. The first-order valence-corrected chi connectivity index (χ1v) is 19.9. The maximum Gasteiger partial charge on any atom is 0.213 e. The van der Waals surface area contributed by atoms with Crippen LogP contribution in [0, 0.1) is 11.6 Å². The van der Waals surface area contributed by atoms with Crippen LogP contribution in [0.1, 0.15) is 46.5 Å². The Morgan fingerprint density at radius 1 is 0.833 bits per heavy atom. The first kappa shape index (κ1) is 35.1. The number of halogens is 2. The summed E-state index contributed by atoms with van der Waals surface area (Å²) in [5.74, 6) is -3.22. The summed E-state index contributed by atoms with van der Waals surface area (Å²) in [7, 11) is -3.73. The van der Waals surface area contributed by atoms with Gasteiger partial charge in [-0.1, -0.05) is 0 Å². The van der Waals surface area contributed by atoms with Crippen LogP contribution in [-0.4, -0.2) is 116 Å². The normalized spacial score (nSPS) is 20.8. The Bertz CT molecular complexity index is 1780. The molecule has 6 rings (SSSR count). The molecule has 1 unspecified atom stereocenters. The van der Waals surface area contributed by atoms with Crippen LogP contribution in [0.3, 0.4) is 0 Å². The minimum atomic E-state index is -4.58. The zero-order valence-corrected chi connectivity index (χ0v) is 30.2. The van der Waals surface area contributed by atoms with Gasteiger partial charge >= 0.3 is 0 Å². The summed E-state index contributed by atoms with van der Waals surface area (Å²) in [6.07, 6.45) is 6.78. The zero-order valence-electron chi connectivity index (χ0n) is 28.5. The van der Waals surface area contributed by atoms with E-state index in [1.54, 1.807) is 45.2 Å². The molecule has 9 nitrogen and oxygen atoms in total. The third kappa shape index (κ3) is 7.26. The van der Waals surface area contributed by atoms with Gasteiger partial charge in [0.15, 0.2) is 11.6 Å². The molecular formula is C35H47F2N5O4S2. The summed E-state index contributed by atoms with van der Waals surface area (Å²) in [6.45, 7) is 12.8. The summed E-state index contributed by atoms with van der Waals surface area (Å²) < 4.78 is 77.3. The Morgan fingerprint density at radius 2 is 1.44 bits per heavy atom. The minimum Gasteiger partial charge on any atom is -0.485 e. The number of benzene rings is 2. The van der Waals surface area contributed by atoms with Crippen LogP contribution in [0.5, 0.6) is 5.75 Å². The number of piperidine rings is 2. The summed E-state index contributed by atoms with van der Waals surface area (Å²) in [5.41, 5.74) is 0.105. The molecule has 262 valence electrons. The van der Waals surface area contributed by atoms with Gasteiger partial charge in [-0.25, -0.2) is 12.8 Å². The molecule has 0 saturated carbocycles. The number of aromatic nitrogens is 1. The lowest BCUT2D eigenvalue weighted by molar-refractivity contribution is 0.0495. The number of pyridine rings is 1. The number of fused-ring (bicyclic) bond motifs is 1. The number of rotatable bonds is 7. The Morgan fingerprint density at radius 3 is 2.04 bits per heavy atom. The number of hydrogen-bond donors (Lipinski definition) is 0. The topological polar surface area (TPSA) is 86.3 Å². The largest absolute Gasteiger partial charge is 0.485 e. The Hall–Kier alpha value is -2.71. The first-order valence-electron chi connectivity index (χ1n) is 16.8. The Labute approximate surface area is 285 Å². The molecule has 1 aromatic heterocycles. The third-order valence-electron chi connectivity index (χ3n) is 9.97. The van der Waals surface area contributed by atoms with E-state index in [0.717, 1.165) is 77.1 Å². The fourth-order valence-corrected chi connectivity index (χ4v) is 9.39. The van der Waals surface area contributed by atoms with Crippen molar-refractivity contribution in [1.82, 2.24) is 19.7 Å². The van der Waals surface area contributed by atoms with Crippen LogP contribution < -0.4 is 9.64 Å². The smallest absolute Gasteiger partial charge is 0.213 e. The number of likely N-dealkylation sites (tertiary alicyclic amines) is 1. The number of likely N-dealkylation sites (N-methyl/N-ethyl adjacent to an activating group) is 1. The van der Waals surface area contributed by atoms with Crippen molar-refractivity contribution in [2.75, 3.05) is 70.6 Å². The van der Waals surface area contributed by atoms with Crippen LogP contribution >= 0.6 is 0 Å². The van der Waals surface area contributed by atoms with Gasteiger partial charge in [-0.2, -0.15) is 4.39 Å². The molecule has 48 heavy (non-hydrogen) atoms. The number of hydrogen-bond acceptors (Lipinski definition) is 9. The van der Waals surface area contributed by atoms with Crippen molar-refractivity contribution in [2.24, 2.45) is 0 Å². The van der Waals surface area contributed by atoms with Crippen molar-refractivity contribution in [3.8, 4) is 5.75 Å². The van der Waals surface area contributed by atoms with Gasteiger partial charge in [0.1, 0.15) is 15.4 Å². The number of sulfone groups is 1. The van der Waals surface area contributed by atoms with Crippen LogP contribution in [0.25, 0.3) is 10.9 Å². The van der Waals surface area contributed by atoms with E-state index in [1.165, 1.54) is 6.20 Å². The van der Waals surface area contributed by atoms with E-state index in [4.69, 9.17) is 4.74 Å². The van der Waals surface area contributed by atoms with E-state index >= 15 is 8.78 Å². The van der Waals surface area contributed by atoms with Crippen LogP contribution in [-0.2, 0) is 20.6 Å². The van der Waals surface area contributed by atoms with Crippen molar-refractivity contribution >= 4 is 37.2 Å². The first-order chi connectivity index (χ1) is 22.7. The van der Waals surface area contributed by atoms with E-state index < -0.39 is 42.8 Å². The highest BCUT2D eigenvalue weighted by molar-refractivity contribution is 7.91. The van der Waals surface area contributed by atoms with Gasteiger partial charge in [-0.15, -0.1) is 0 Å². The lowest BCUT2D eigenvalue weighted by Gasteiger charge is -2.46. The summed E-state index contributed by atoms with van der Waals surface area (Å²) in [4.78, 5) is 13.6. The Kier molecular flexibility index (Phi) is 10.2. The second-order valence-corrected chi connectivity index (χ2v) is 17.6. The molecule has 0 N–H and O–H groups in total. The minimum absolute atomic E-state index is 0.205. The summed E-state index contributed by atoms with van der Waals surface area (Å²) >= 11 is 0. The van der Waals surface area contributed by atoms with E-state index in [1.807, 2.05) is 4.90 Å². The van der Waals surface area contributed by atoms with Crippen LogP contribution in [0.4, 0.5) is 14.5 Å². The van der Waals surface area contributed by atoms with Gasteiger partial charge in [0.25, 0.3) is 0 Å². The van der Waals surface area contributed by atoms with Crippen molar-refractivity contribution < 1.29 is 26.1 Å². The van der Waals surface area contributed by atoms with Crippen molar-refractivity contribution in [2.45, 2.75) is 78.8 Å². The van der Waals surface area contributed by atoms with Gasteiger partial charge in [0.05, 0.1) is 11.2 Å². The standard InChI is InChI=1S/C35H47F2N5O4S2/c1-35(2,3)46-29-8-9-30(33(37)32(29)36)48(44,45)31-23-38-28-7-6-26(47(5)43)22-27(28)34(31)42-16-12-24(13-17-42)40-14-10-25(11-15-40)41-20-18-39(4)19-21-41/h6-9,22-25H,10-21H2,1-5H3. The SMILES string of the molecule is CN1CCN(C2CCN(C3CCN(c4c(S(=O)(=O)c5ccc(OC(C)(C)C)c(F)c5F)cnc5ccc(S(C)=O)cc45)CC3)CC2)CC1. The predicted octanol–water partition coefficient (Wildman–Crippen LogP) is 4.94. The highest BCUT2D eigenvalue weighted by Crippen LogP contribution is 2.40. The molecule has 0 bridgehead atoms. The maximum atomic E-state index is 15.6. The molecule has 0 radical (unpaired) electrons. The van der Waals surface area contributed by atoms with Crippen LogP contribution in [0.15, 0.2) is 51.2 Å². The number of piperazine rings is 1. The number of nitrogens with zero attached hydrogens (tertiary/aromatic N) is 5. The molecule has 4 heterocycles. The highest BCUT2D eigenvalue weighted by atomic mass is 32.2. The van der Waals surface area contributed by atoms with Crippen molar-refractivity contribution in [1.29, 1.82) is 0 Å². The van der Waals surface area contributed by atoms with E-state index in [0.29, 0.717) is 46.7 Å². The van der Waals surface area contributed by atoms with Gasteiger partial charge < -0.3 is 19.4 Å². The fourth-order valence-electron chi connectivity index (χ4n) is 7.35. The van der Waals surface area contributed by atoms with Gasteiger partial charge in [-0.3, -0.25) is 14.1 Å². The lowest BCUT2D eigenvalue weighted by atomic mass is 9.96. The molecule has 3 aliphatic heterocycles. The molecular weight excluding hydrogens is 657 g/mol. The van der Waals surface area contributed by atoms with Gasteiger partial charge in [-0.05, 0) is 96.9 Å². The Balaban J connectivity index is 1.28. The van der Waals surface area contributed by atoms with Crippen LogP contribution in [0.2, 0.25) is 0 Å². The highest BCUT2D eigenvalue weighted by Gasteiger charge is 2.35. The quantitative estimate of drug-likeness (QED) is 0.340. The number of anilines is 1. The number of ether oxygens (including phenoxy) is 1. The molecule has 1 atom stereocenters. The van der Waals surface area contributed by atoms with E-state index in [-0.39, 0.29) is 10.6 Å². The molecule has 0 aliphatic carbocycles. The average Bonchev–Trinajstić information content (AvgIpc) is 3.06. The maximum absolute atomic E-state index is 15.6. The molecule has 3 fully saturated rings. The van der Waals surface area contributed by atoms with E-state index in [9.17, 15) is 12.6 Å². The molecule has 13 heteroatoms. The predicted molar refractivity (Wildman–Crippen MR) is 185 cm³/mol. The zero-order chi connectivity index (χ0) is 34.4. The summed E-state index contributed by atoms with van der Waals surface area (Å²) in [5, 5.41) is 0.517. The average molecular weight is 704 g/mol. The fraction of sp³-hybridized carbons (Fsp3) is 0.571. The molecule has 0 spiro atoms. The van der Waals surface area contributed by atoms with Crippen molar-refractivity contribution in [3.63, 3.8) is 0 Å². The van der Waals surface area contributed by atoms with Crippen molar-refractivity contribution in [3.05, 3.63) is 48.2 Å². The molecule has 3 aliphatic rings. The second-order valence-electron chi connectivity index (χ2n) is 14.3. The molecule has 3 aromatic rings. The lowest BCUT2D eigenvalue weighted by Crippen LogP contribution is -2.54. The van der Waals surface area contributed by atoms with E-state index in [2.05, 4.69) is 26.7 Å². The van der Waals surface area contributed by atoms with Gasteiger partial charge in [0, 0.05) is 84.9 Å². The monoisotopic (exact) mass is 703 g/mol. The third-order valence-corrected chi connectivity index (χ3v) is 12.7. The van der Waals surface area contributed by atoms with Gasteiger partial charge in [0.2, 0.25) is 15.7 Å². The molecule has 2 aromatic carbocycles.